The first kappa shape index (κ1) is 16.4. The summed E-state index contributed by atoms with van der Waals surface area (Å²) >= 11 is 0. The van der Waals surface area contributed by atoms with E-state index in [9.17, 15) is 13.6 Å². The standard InChI is InChI=1S/C14H20F2N2O2/c1-9(12-5-4-11(15)6-13(12)16)7-17-14(19)18-8-10(2)20-3/h4-6,9-10H,7-8H2,1-3H3,(H2,17,18,19)/t9-,10-/m0/s1. The van der Waals surface area contributed by atoms with Crippen LogP contribution in [0.15, 0.2) is 18.2 Å². The zero-order valence-corrected chi connectivity index (χ0v) is 11.9. The van der Waals surface area contributed by atoms with Crippen molar-refractivity contribution in [2.45, 2.75) is 25.9 Å². The van der Waals surface area contributed by atoms with Gasteiger partial charge in [-0.15, -0.1) is 0 Å². The van der Waals surface area contributed by atoms with Gasteiger partial charge in [-0.1, -0.05) is 13.0 Å². The summed E-state index contributed by atoms with van der Waals surface area (Å²) in [5, 5.41) is 5.27. The van der Waals surface area contributed by atoms with Crippen LogP contribution in [0.25, 0.3) is 0 Å². The minimum atomic E-state index is -0.613. The van der Waals surface area contributed by atoms with Crippen LogP contribution in [0.1, 0.15) is 25.3 Å². The second-order valence-corrected chi connectivity index (χ2v) is 4.70. The van der Waals surface area contributed by atoms with E-state index in [1.165, 1.54) is 12.1 Å². The lowest BCUT2D eigenvalue weighted by atomic mass is 10.0. The zero-order valence-electron chi connectivity index (χ0n) is 11.9. The molecule has 1 rings (SSSR count). The molecule has 6 heteroatoms. The van der Waals surface area contributed by atoms with E-state index in [4.69, 9.17) is 4.74 Å². The van der Waals surface area contributed by atoms with E-state index in [-0.39, 0.29) is 24.6 Å². The number of urea groups is 1. The maximum absolute atomic E-state index is 13.5. The fraction of sp³-hybridized carbons (Fsp3) is 0.500. The van der Waals surface area contributed by atoms with Crippen molar-refractivity contribution in [2.24, 2.45) is 0 Å². The van der Waals surface area contributed by atoms with Gasteiger partial charge in [0, 0.05) is 32.2 Å². The summed E-state index contributed by atoms with van der Waals surface area (Å²) in [6, 6.07) is 3.09. The van der Waals surface area contributed by atoms with Gasteiger partial charge in [0.15, 0.2) is 0 Å². The Hall–Kier alpha value is -1.69. The second kappa shape index (κ2) is 7.79. The number of rotatable bonds is 6. The van der Waals surface area contributed by atoms with Crippen molar-refractivity contribution in [1.82, 2.24) is 10.6 Å². The molecule has 4 nitrogen and oxygen atoms in total. The fourth-order valence-electron chi connectivity index (χ4n) is 1.64. The first-order chi connectivity index (χ1) is 9.43. The van der Waals surface area contributed by atoms with Gasteiger partial charge in [-0.3, -0.25) is 0 Å². The summed E-state index contributed by atoms with van der Waals surface area (Å²) in [6.07, 6.45) is -0.0762. The molecule has 0 bridgehead atoms. The maximum atomic E-state index is 13.5. The number of hydrogen-bond acceptors (Lipinski definition) is 2. The van der Waals surface area contributed by atoms with Gasteiger partial charge in [0.2, 0.25) is 0 Å². The van der Waals surface area contributed by atoms with Gasteiger partial charge in [0.05, 0.1) is 6.10 Å². The summed E-state index contributed by atoms with van der Waals surface area (Å²) < 4.78 is 31.3. The highest BCUT2D eigenvalue weighted by molar-refractivity contribution is 5.73. The smallest absolute Gasteiger partial charge is 0.314 e. The Morgan fingerprint density at radius 2 is 1.90 bits per heavy atom. The molecule has 0 aliphatic heterocycles. The molecule has 0 aliphatic carbocycles. The van der Waals surface area contributed by atoms with E-state index in [0.717, 1.165) is 6.07 Å². The number of carbonyl (C=O) groups is 1. The Balaban J connectivity index is 2.42. The predicted molar refractivity (Wildman–Crippen MR) is 72.6 cm³/mol. The number of carbonyl (C=O) groups excluding carboxylic acids is 1. The highest BCUT2D eigenvalue weighted by atomic mass is 19.1. The van der Waals surface area contributed by atoms with E-state index in [0.29, 0.717) is 12.1 Å². The van der Waals surface area contributed by atoms with Crippen molar-refractivity contribution in [2.75, 3.05) is 20.2 Å². The monoisotopic (exact) mass is 286 g/mol. The molecule has 2 N–H and O–H groups in total. The first-order valence-electron chi connectivity index (χ1n) is 6.43. The van der Waals surface area contributed by atoms with Crippen molar-refractivity contribution < 1.29 is 18.3 Å². The van der Waals surface area contributed by atoms with Crippen LogP contribution >= 0.6 is 0 Å². The zero-order chi connectivity index (χ0) is 15.1. The Labute approximate surface area is 117 Å². The molecule has 0 saturated heterocycles. The predicted octanol–water partition coefficient (Wildman–Crippen LogP) is 2.40. The van der Waals surface area contributed by atoms with Crippen LogP contribution in [0.3, 0.4) is 0 Å². The molecule has 0 heterocycles. The summed E-state index contributed by atoms with van der Waals surface area (Å²) in [7, 11) is 1.56. The minimum Gasteiger partial charge on any atom is -0.380 e. The van der Waals surface area contributed by atoms with Crippen molar-refractivity contribution in [3.63, 3.8) is 0 Å². The van der Waals surface area contributed by atoms with Gasteiger partial charge in [0.25, 0.3) is 0 Å². The number of halogens is 2. The highest BCUT2D eigenvalue weighted by Crippen LogP contribution is 2.18. The molecule has 0 spiro atoms. The second-order valence-electron chi connectivity index (χ2n) is 4.70. The minimum absolute atomic E-state index is 0.0762. The van der Waals surface area contributed by atoms with Crippen molar-refractivity contribution >= 4 is 6.03 Å². The Morgan fingerprint density at radius 1 is 1.25 bits per heavy atom. The molecule has 112 valence electrons. The van der Waals surface area contributed by atoms with Crippen molar-refractivity contribution in [3.8, 4) is 0 Å². The molecule has 0 aromatic heterocycles. The molecule has 0 saturated carbocycles. The quantitative estimate of drug-likeness (QED) is 0.843. The topological polar surface area (TPSA) is 50.4 Å². The lowest BCUT2D eigenvalue weighted by Gasteiger charge is -2.15. The van der Waals surface area contributed by atoms with E-state index in [1.807, 2.05) is 6.92 Å². The van der Waals surface area contributed by atoms with E-state index < -0.39 is 11.6 Å². The number of nitrogens with one attached hydrogen (secondary N) is 2. The van der Waals surface area contributed by atoms with E-state index in [2.05, 4.69) is 10.6 Å². The first-order valence-corrected chi connectivity index (χ1v) is 6.43. The fourth-order valence-corrected chi connectivity index (χ4v) is 1.64. The molecule has 0 fully saturated rings. The third kappa shape index (κ3) is 5.13. The SMILES string of the molecule is CO[C@@H](C)CNC(=O)NC[C@H](C)c1ccc(F)cc1F. The molecule has 0 radical (unpaired) electrons. The molecule has 0 aliphatic rings. The molecule has 2 atom stereocenters. The third-order valence-corrected chi connectivity index (χ3v) is 3.01. The number of amides is 2. The van der Waals surface area contributed by atoms with Crippen molar-refractivity contribution in [3.05, 3.63) is 35.4 Å². The molecule has 1 aromatic rings. The number of methoxy groups -OCH3 is 1. The number of ether oxygens (including phenoxy) is 1. The molecule has 20 heavy (non-hydrogen) atoms. The van der Waals surface area contributed by atoms with Crippen LogP contribution in [0.5, 0.6) is 0 Å². The average Bonchev–Trinajstić information content (AvgIpc) is 2.42. The molecular formula is C14H20F2N2O2. The maximum Gasteiger partial charge on any atom is 0.314 e. The Morgan fingerprint density at radius 3 is 2.50 bits per heavy atom. The van der Waals surface area contributed by atoms with Crippen LogP contribution in [-0.4, -0.2) is 32.3 Å². The largest absolute Gasteiger partial charge is 0.380 e. The number of hydrogen-bond donors (Lipinski definition) is 2. The van der Waals surface area contributed by atoms with Crippen LogP contribution in [0.2, 0.25) is 0 Å². The lowest BCUT2D eigenvalue weighted by Crippen LogP contribution is -2.40. The summed E-state index contributed by atoms with van der Waals surface area (Å²) in [4.78, 5) is 11.5. The van der Waals surface area contributed by atoms with Gasteiger partial charge in [0.1, 0.15) is 11.6 Å². The molecular weight excluding hydrogens is 266 g/mol. The van der Waals surface area contributed by atoms with Crippen LogP contribution in [-0.2, 0) is 4.74 Å². The summed E-state index contributed by atoms with van der Waals surface area (Å²) in [6.45, 7) is 4.24. The number of benzene rings is 1. The summed E-state index contributed by atoms with van der Waals surface area (Å²) in [5.74, 6) is -1.47. The van der Waals surface area contributed by atoms with Gasteiger partial charge in [-0.25, -0.2) is 13.6 Å². The van der Waals surface area contributed by atoms with E-state index >= 15 is 0 Å². The van der Waals surface area contributed by atoms with E-state index in [1.54, 1.807) is 14.0 Å². The Kier molecular flexibility index (Phi) is 6.38. The van der Waals surface area contributed by atoms with Gasteiger partial charge in [-0.05, 0) is 18.6 Å². The normalized spacial score (nSPS) is 13.7. The van der Waals surface area contributed by atoms with Gasteiger partial charge in [-0.2, -0.15) is 0 Å². The average molecular weight is 286 g/mol. The highest BCUT2D eigenvalue weighted by Gasteiger charge is 2.13. The van der Waals surface area contributed by atoms with Crippen LogP contribution < -0.4 is 10.6 Å². The van der Waals surface area contributed by atoms with Crippen LogP contribution in [0, 0.1) is 11.6 Å². The van der Waals surface area contributed by atoms with Crippen LogP contribution in [0.4, 0.5) is 13.6 Å². The molecule has 0 unspecified atom stereocenters. The van der Waals surface area contributed by atoms with Gasteiger partial charge >= 0.3 is 6.03 Å². The molecule has 2 amide bonds. The molecule has 1 aromatic carbocycles. The lowest BCUT2D eigenvalue weighted by molar-refractivity contribution is 0.118. The van der Waals surface area contributed by atoms with Gasteiger partial charge < -0.3 is 15.4 Å². The Bertz CT molecular complexity index is 455. The summed E-state index contributed by atoms with van der Waals surface area (Å²) in [5.41, 5.74) is 0.372. The van der Waals surface area contributed by atoms with Crippen molar-refractivity contribution in [1.29, 1.82) is 0 Å². The third-order valence-electron chi connectivity index (χ3n) is 3.01.